The van der Waals surface area contributed by atoms with Crippen LogP contribution in [0, 0.1) is 6.92 Å². The number of hydrogen-bond donors (Lipinski definition) is 2. The Labute approximate surface area is 147 Å². The standard InChI is InChI=1S/C21H21NO3/c1-3-15-5-8-16(9-6-15)21(24)22-19-12-17(7-4-14(19)2)20-11-10-18(13-23)25-20/h4-12,23H,3,13H2,1-2H3,(H,22,24). The summed E-state index contributed by atoms with van der Waals surface area (Å²) < 4.78 is 5.57. The number of benzene rings is 2. The smallest absolute Gasteiger partial charge is 0.255 e. The van der Waals surface area contributed by atoms with Gasteiger partial charge in [0.25, 0.3) is 5.91 Å². The largest absolute Gasteiger partial charge is 0.459 e. The lowest BCUT2D eigenvalue weighted by Gasteiger charge is -2.10. The topological polar surface area (TPSA) is 62.5 Å². The summed E-state index contributed by atoms with van der Waals surface area (Å²) in [5, 5.41) is 12.1. The molecule has 25 heavy (non-hydrogen) atoms. The molecule has 0 atom stereocenters. The zero-order valence-electron chi connectivity index (χ0n) is 14.4. The first-order chi connectivity index (χ1) is 12.1. The van der Waals surface area contributed by atoms with Crippen molar-refractivity contribution in [1.82, 2.24) is 0 Å². The minimum atomic E-state index is -0.140. The van der Waals surface area contributed by atoms with E-state index in [0.29, 0.717) is 17.1 Å². The Morgan fingerprint density at radius 2 is 1.84 bits per heavy atom. The van der Waals surface area contributed by atoms with Gasteiger partial charge in [-0.15, -0.1) is 0 Å². The summed E-state index contributed by atoms with van der Waals surface area (Å²) in [7, 11) is 0. The fourth-order valence-electron chi connectivity index (χ4n) is 2.61. The van der Waals surface area contributed by atoms with Crippen LogP contribution in [0.25, 0.3) is 11.3 Å². The highest BCUT2D eigenvalue weighted by Gasteiger charge is 2.11. The Bertz CT molecular complexity index is 878. The average Bonchev–Trinajstić information content (AvgIpc) is 3.12. The maximum Gasteiger partial charge on any atom is 0.255 e. The normalized spacial score (nSPS) is 10.7. The van der Waals surface area contributed by atoms with Gasteiger partial charge in [-0.05, 0) is 54.8 Å². The van der Waals surface area contributed by atoms with Crippen molar-refractivity contribution >= 4 is 11.6 Å². The molecule has 2 N–H and O–H groups in total. The number of aliphatic hydroxyl groups is 1. The summed E-state index contributed by atoms with van der Waals surface area (Å²) in [6, 6.07) is 16.9. The molecule has 2 aromatic carbocycles. The van der Waals surface area contributed by atoms with Crippen LogP contribution in [0.3, 0.4) is 0 Å². The fraction of sp³-hybridized carbons (Fsp3) is 0.190. The van der Waals surface area contributed by atoms with E-state index in [9.17, 15) is 4.79 Å². The molecular weight excluding hydrogens is 314 g/mol. The van der Waals surface area contributed by atoms with Gasteiger partial charge in [-0.25, -0.2) is 0 Å². The molecule has 4 nitrogen and oxygen atoms in total. The number of nitrogens with one attached hydrogen (secondary N) is 1. The number of hydrogen-bond acceptors (Lipinski definition) is 3. The van der Waals surface area contributed by atoms with Gasteiger partial charge in [0.05, 0.1) is 0 Å². The summed E-state index contributed by atoms with van der Waals surface area (Å²) in [6.07, 6.45) is 0.946. The molecule has 0 aliphatic heterocycles. The van der Waals surface area contributed by atoms with Crippen LogP contribution in [-0.2, 0) is 13.0 Å². The highest BCUT2D eigenvalue weighted by molar-refractivity contribution is 6.04. The van der Waals surface area contributed by atoms with Crippen LogP contribution in [-0.4, -0.2) is 11.0 Å². The number of aryl methyl sites for hydroxylation is 2. The molecule has 0 aliphatic rings. The van der Waals surface area contributed by atoms with Crippen molar-refractivity contribution in [3.8, 4) is 11.3 Å². The summed E-state index contributed by atoms with van der Waals surface area (Å²) in [6.45, 7) is 3.89. The number of anilines is 1. The number of furan rings is 1. The summed E-state index contributed by atoms with van der Waals surface area (Å²) in [5.41, 5.74) is 4.39. The number of aliphatic hydroxyl groups excluding tert-OH is 1. The van der Waals surface area contributed by atoms with Gasteiger partial charge in [-0.3, -0.25) is 4.79 Å². The molecule has 0 aliphatic carbocycles. The molecule has 3 rings (SSSR count). The van der Waals surface area contributed by atoms with Gasteiger partial charge in [-0.1, -0.05) is 31.2 Å². The molecule has 1 amide bonds. The highest BCUT2D eigenvalue weighted by Crippen LogP contribution is 2.27. The van der Waals surface area contributed by atoms with Crippen LogP contribution in [0.1, 0.15) is 34.2 Å². The minimum absolute atomic E-state index is 0.136. The van der Waals surface area contributed by atoms with Gasteiger partial charge in [0.1, 0.15) is 18.1 Å². The second kappa shape index (κ2) is 7.36. The van der Waals surface area contributed by atoms with Crippen molar-refractivity contribution in [2.45, 2.75) is 26.9 Å². The SMILES string of the molecule is CCc1ccc(C(=O)Nc2cc(-c3ccc(CO)o3)ccc2C)cc1. The Hall–Kier alpha value is -2.85. The third-order valence-electron chi connectivity index (χ3n) is 4.21. The van der Waals surface area contributed by atoms with Gasteiger partial charge in [-0.2, -0.15) is 0 Å². The van der Waals surface area contributed by atoms with Crippen molar-refractivity contribution in [1.29, 1.82) is 0 Å². The van der Waals surface area contributed by atoms with Crippen LogP contribution in [0.4, 0.5) is 5.69 Å². The van der Waals surface area contributed by atoms with E-state index in [4.69, 9.17) is 9.52 Å². The molecule has 0 spiro atoms. The van der Waals surface area contributed by atoms with E-state index in [-0.39, 0.29) is 12.5 Å². The Balaban J connectivity index is 1.83. The van der Waals surface area contributed by atoms with Crippen molar-refractivity contribution < 1.29 is 14.3 Å². The number of carbonyl (C=O) groups excluding carboxylic acids is 1. The average molecular weight is 335 g/mol. The fourth-order valence-corrected chi connectivity index (χ4v) is 2.61. The van der Waals surface area contributed by atoms with E-state index in [1.165, 1.54) is 5.56 Å². The molecule has 1 heterocycles. The Morgan fingerprint density at radius 1 is 1.08 bits per heavy atom. The molecule has 1 aromatic heterocycles. The quantitative estimate of drug-likeness (QED) is 0.718. The third-order valence-corrected chi connectivity index (χ3v) is 4.21. The zero-order valence-corrected chi connectivity index (χ0v) is 14.4. The molecule has 3 aromatic rings. The van der Waals surface area contributed by atoms with E-state index in [1.54, 1.807) is 6.07 Å². The van der Waals surface area contributed by atoms with E-state index in [0.717, 1.165) is 23.2 Å². The first-order valence-corrected chi connectivity index (χ1v) is 8.31. The predicted octanol–water partition coefficient (Wildman–Crippen LogP) is 4.56. The zero-order chi connectivity index (χ0) is 17.8. The molecule has 0 saturated carbocycles. The lowest BCUT2D eigenvalue weighted by atomic mass is 10.1. The van der Waals surface area contributed by atoms with Crippen molar-refractivity contribution in [2.75, 3.05) is 5.32 Å². The van der Waals surface area contributed by atoms with Crippen LogP contribution in [0.5, 0.6) is 0 Å². The summed E-state index contributed by atoms with van der Waals surface area (Å²) in [4.78, 5) is 12.5. The number of carbonyl (C=O) groups is 1. The van der Waals surface area contributed by atoms with E-state index >= 15 is 0 Å². The lowest BCUT2D eigenvalue weighted by Crippen LogP contribution is -2.12. The molecule has 0 fully saturated rings. The highest BCUT2D eigenvalue weighted by atomic mass is 16.4. The maximum absolute atomic E-state index is 12.5. The van der Waals surface area contributed by atoms with E-state index in [1.807, 2.05) is 55.5 Å². The monoisotopic (exact) mass is 335 g/mol. The van der Waals surface area contributed by atoms with Crippen molar-refractivity contribution in [3.63, 3.8) is 0 Å². The first-order valence-electron chi connectivity index (χ1n) is 8.31. The van der Waals surface area contributed by atoms with E-state index < -0.39 is 0 Å². The second-order valence-electron chi connectivity index (χ2n) is 5.96. The van der Waals surface area contributed by atoms with Crippen LogP contribution in [0.15, 0.2) is 59.0 Å². The number of rotatable bonds is 5. The third kappa shape index (κ3) is 3.80. The second-order valence-corrected chi connectivity index (χ2v) is 5.96. The molecule has 128 valence electrons. The minimum Gasteiger partial charge on any atom is -0.459 e. The van der Waals surface area contributed by atoms with Crippen LogP contribution < -0.4 is 5.32 Å². The van der Waals surface area contributed by atoms with Gasteiger partial charge in [0.2, 0.25) is 0 Å². The molecule has 0 radical (unpaired) electrons. The maximum atomic E-state index is 12.5. The predicted molar refractivity (Wildman–Crippen MR) is 98.6 cm³/mol. The van der Waals surface area contributed by atoms with E-state index in [2.05, 4.69) is 12.2 Å². The van der Waals surface area contributed by atoms with Gasteiger partial charge in [0.15, 0.2) is 0 Å². The van der Waals surface area contributed by atoms with Crippen LogP contribution in [0.2, 0.25) is 0 Å². The Morgan fingerprint density at radius 3 is 2.48 bits per heavy atom. The van der Waals surface area contributed by atoms with Gasteiger partial charge in [0, 0.05) is 16.8 Å². The molecule has 0 saturated heterocycles. The van der Waals surface area contributed by atoms with Gasteiger partial charge < -0.3 is 14.8 Å². The molecule has 0 bridgehead atoms. The van der Waals surface area contributed by atoms with Crippen molar-refractivity contribution in [3.05, 3.63) is 77.0 Å². The number of amides is 1. The van der Waals surface area contributed by atoms with Gasteiger partial charge >= 0.3 is 0 Å². The molecule has 4 heteroatoms. The van der Waals surface area contributed by atoms with Crippen LogP contribution >= 0.6 is 0 Å². The molecular formula is C21H21NO3. The summed E-state index contributed by atoms with van der Waals surface area (Å²) >= 11 is 0. The van der Waals surface area contributed by atoms with Crippen molar-refractivity contribution in [2.24, 2.45) is 0 Å². The lowest BCUT2D eigenvalue weighted by molar-refractivity contribution is 0.102. The Kier molecular flexibility index (Phi) is 5.00. The first kappa shape index (κ1) is 17.0. The summed E-state index contributed by atoms with van der Waals surface area (Å²) in [5.74, 6) is 1.03. The molecule has 0 unspecified atom stereocenters.